The van der Waals surface area contributed by atoms with E-state index in [-0.39, 0.29) is 6.42 Å². The molecule has 0 atom stereocenters. The fourth-order valence-electron chi connectivity index (χ4n) is 2.29. The van der Waals surface area contributed by atoms with Crippen LogP contribution in [-0.4, -0.2) is 17.3 Å². The van der Waals surface area contributed by atoms with Crippen molar-refractivity contribution in [3.63, 3.8) is 0 Å². The summed E-state index contributed by atoms with van der Waals surface area (Å²) >= 11 is 0. The summed E-state index contributed by atoms with van der Waals surface area (Å²) in [5.74, 6) is -1.64. The summed E-state index contributed by atoms with van der Waals surface area (Å²) in [4.78, 5) is 33.3. The first-order valence-electron chi connectivity index (χ1n) is 4.28. The Kier molecular flexibility index (Phi) is 1.43. The molecule has 0 aromatic carbocycles. The number of rotatable bonds is 0. The van der Waals surface area contributed by atoms with Gasteiger partial charge in [-0.15, -0.1) is 0 Å². The zero-order chi connectivity index (χ0) is 8.77. The van der Waals surface area contributed by atoms with E-state index in [0.29, 0.717) is 0 Å². The number of carbonyl (C=O) groups is 3. The molecular weight excluding hydrogens is 156 g/mol. The lowest BCUT2D eigenvalue weighted by Gasteiger charge is -2.16. The van der Waals surface area contributed by atoms with Crippen molar-refractivity contribution in [1.82, 2.24) is 0 Å². The van der Waals surface area contributed by atoms with Gasteiger partial charge in [-0.2, -0.15) is 0 Å². The van der Waals surface area contributed by atoms with Crippen molar-refractivity contribution < 1.29 is 14.4 Å². The number of hydrogen-bond acceptors (Lipinski definition) is 3. The Balaban J connectivity index is 2.35. The Labute approximate surface area is 70.1 Å². The second-order valence-electron chi connectivity index (χ2n) is 3.75. The molecule has 3 heteroatoms. The maximum Gasteiger partial charge on any atom is 0.264 e. The lowest BCUT2D eigenvalue weighted by atomic mass is 9.83. The van der Waals surface area contributed by atoms with Crippen LogP contribution in [0.25, 0.3) is 0 Å². The predicted octanol–water partition coefficient (Wildman–Crippen LogP) is 0.658. The molecule has 2 aliphatic carbocycles. The van der Waals surface area contributed by atoms with Crippen LogP contribution < -0.4 is 0 Å². The highest BCUT2D eigenvalue weighted by Gasteiger charge is 2.53. The summed E-state index contributed by atoms with van der Waals surface area (Å²) in [6, 6.07) is 0. The predicted molar refractivity (Wildman–Crippen MR) is 40.5 cm³/mol. The SMILES string of the molecule is O=C1CC2(CCCC2)C(=O)C1=O. The van der Waals surface area contributed by atoms with Crippen LogP contribution in [0.4, 0.5) is 0 Å². The Hall–Kier alpha value is -0.990. The molecule has 2 rings (SSSR count). The first-order chi connectivity index (χ1) is 5.66. The molecule has 12 heavy (non-hydrogen) atoms. The maximum atomic E-state index is 11.4. The minimum Gasteiger partial charge on any atom is -0.290 e. The van der Waals surface area contributed by atoms with Crippen molar-refractivity contribution >= 4 is 17.3 Å². The molecule has 0 heterocycles. The summed E-state index contributed by atoms with van der Waals surface area (Å²) in [6.07, 6.45) is 3.62. The van der Waals surface area contributed by atoms with Crippen molar-refractivity contribution in [2.45, 2.75) is 32.1 Å². The van der Waals surface area contributed by atoms with Gasteiger partial charge in [0.15, 0.2) is 0 Å². The molecule has 0 aliphatic heterocycles. The molecule has 0 amide bonds. The van der Waals surface area contributed by atoms with Gasteiger partial charge in [-0.3, -0.25) is 14.4 Å². The van der Waals surface area contributed by atoms with E-state index in [0.717, 1.165) is 25.7 Å². The minimum absolute atomic E-state index is 0.185. The van der Waals surface area contributed by atoms with Gasteiger partial charge in [0.05, 0.1) is 0 Å². The zero-order valence-corrected chi connectivity index (χ0v) is 6.76. The quantitative estimate of drug-likeness (QED) is 0.496. The molecule has 2 fully saturated rings. The Morgan fingerprint density at radius 3 is 2.00 bits per heavy atom. The van der Waals surface area contributed by atoms with Gasteiger partial charge in [0, 0.05) is 11.8 Å². The molecule has 0 aromatic heterocycles. The first kappa shape index (κ1) is 7.65. The topological polar surface area (TPSA) is 51.2 Å². The van der Waals surface area contributed by atoms with Crippen molar-refractivity contribution in [2.75, 3.05) is 0 Å². The van der Waals surface area contributed by atoms with Crippen LogP contribution in [-0.2, 0) is 14.4 Å². The van der Waals surface area contributed by atoms with Crippen LogP contribution in [0.3, 0.4) is 0 Å². The standard InChI is InChI=1S/C9H10O3/c10-6-5-9(3-1-2-4-9)8(12)7(6)11/h1-5H2. The van der Waals surface area contributed by atoms with E-state index in [4.69, 9.17) is 0 Å². The number of hydrogen-bond donors (Lipinski definition) is 0. The smallest absolute Gasteiger partial charge is 0.264 e. The van der Waals surface area contributed by atoms with Crippen molar-refractivity contribution in [3.05, 3.63) is 0 Å². The van der Waals surface area contributed by atoms with E-state index < -0.39 is 22.8 Å². The van der Waals surface area contributed by atoms with Crippen molar-refractivity contribution in [2.24, 2.45) is 5.41 Å². The molecular formula is C9H10O3. The van der Waals surface area contributed by atoms with E-state index >= 15 is 0 Å². The van der Waals surface area contributed by atoms with Gasteiger partial charge in [-0.25, -0.2) is 0 Å². The average molecular weight is 166 g/mol. The lowest BCUT2D eigenvalue weighted by Crippen LogP contribution is -2.25. The van der Waals surface area contributed by atoms with Crippen LogP contribution in [0.15, 0.2) is 0 Å². The van der Waals surface area contributed by atoms with Gasteiger partial charge >= 0.3 is 0 Å². The molecule has 0 unspecified atom stereocenters. The molecule has 1 spiro atoms. The van der Waals surface area contributed by atoms with Crippen LogP contribution in [0.2, 0.25) is 0 Å². The summed E-state index contributed by atoms with van der Waals surface area (Å²) in [6.45, 7) is 0. The summed E-state index contributed by atoms with van der Waals surface area (Å²) < 4.78 is 0. The van der Waals surface area contributed by atoms with Crippen LogP contribution in [0, 0.1) is 5.41 Å². The van der Waals surface area contributed by atoms with Gasteiger partial charge in [0.1, 0.15) is 0 Å². The van der Waals surface area contributed by atoms with E-state index in [1.807, 2.05) is 0 Å². The normalized spacial score (nSPS) is 27.5. The van der Waals surface area contributed by atoms with E-state index in [1.54, 1.807) is 0 Å². The number of Topliss-reactive ketones (excluding diaryl/α,β-unsaturated/α-hetero) is 3. The van der Waals surface area contributed by atoms with Crippen molar-refractivity contribution in [1.29, 1.82) is 0 Å². The van der Waals surface area contributed by atoms with Gasteiger partial charge in [0.25, 0.3) is 5.78 Å². The Bertz CT molecular complexity index is 271. The van der Waals surface area contributed by atoms with Gasteiger partial charge in [-0.1, -0.05) is 12.8 Å². The molecule has 3 nitrogen and oxygen atoms in total. The fraction of sp³-hybridized carbons (Fsp3) is 0.667. The van der Waals surface area contributed by atoms with Crippen LogP contribution >= 0.6 is 0 Å². The highest BCUT2D eigenvalue weighted by atomic mass is 16.2. The first-order valence-corrected chi connectivity index (χ1v) is 4.28. The Morgan fingerprint density at radius 1 is 1.00 bits per heavy atom. The summed E-state index contributed by atoms with van der Waals surface area (Å²) in [5.41, 5.74) is -0.547. The zero-order valence-electron chi connectivity index (χ0n) is 6.76. The monoisotopic (exact) mass is 166 g/mol. The second-order valence-corrected chi connectivity index (χ2v) is 3.75. The summed E-state index contributed by atoms with van der Waals surface area (Å²) in [5, 5.41) is 0. The molecule has 0 bridgehead atoms. The van der Waals surface area contributed by atoms with E-state index in [9.17, 15) is 14.4 Å². The van der Waals surface area contributed by atoms with Gasteiger partial charge < -0.3 is 0 Å². The van der Waals surface area contributed by atoms with E-state index in [1.165, 1.54) is 0 Å². The molecule has 0 N–H and O–H groups in total. The number of ketones is 3. The molecule has 2 saturated carbocycles. The van der Waals surface area contributed by atoms with Gasteiger partial charge in [-0.05, 0) is 12.8 Å². The maximum absolute atomic E-state index is 11.4. The molecule has 64 valence electrons. The lowest BCUT2D eigenvalue weighted by molar-refractivity contribution is -0.141. The third kappa shape index (κ3) is 0.792. The van der Waals surface area contributed by atoms with Crippen LogP contribution in [0.1, 0.15) is 32.1 Å². The molecule has 2 aliphatic rings. The average Bonchev–Trinajstić information content (AvgIpc) is 2.57. The summed E-state index contributed by atoms with van der Waals surface area (Å²) in [7, 11) is 0. The van der Waals surface area contributed by atoms with Gasteiger partial charge in [0.2, 0.25) is 11.6 Å². The molecule has 0 radical (unpaired) electrons. The number of carbonyl (C=O) groups excluding carboxylic acids is 3. The minimum atomic E-state index is -0.753. The van der Waals surface area contributed by atoms with E-state index in [2.05, 4.69) is 0 Å². The molecule has 0 saturated heterocycles. The fourth-order valence-corrected chi connectivity index (χ4v) is 2.29. The largest absolute Gasteiger partial charge is 0.290 e. The third-order valence-corrected chi connectivity index (χ3v) is 3.00. The Morgan fingerprint density at radius 2 is 1.58 bits per heavy atom. The van der Waals surface area contributed by atoms with Crippen molar-refractivity contribution in [3.8, 4) is 0 Å². The second kappa shape index (κ2) is 2.25. The van der Waals surface area contributed by atoms with Crippen LogP contribution in [0.5, 0.6) is 0 Å². The third-order valence-electron chi connectivity index (χ3n) is 3.00. The highest BCUT2D eigenvalue weighted by molar-refractivity contribution is 6.68. The highest BCUT2D eigenvalue weighted by Crippen LogP contribution is 2.45. The molecule has 0 aromatic rings.